The van der Waals surface area contributed by atoms with Crippen LogP contribution in [0.3, 0.4) is 0 Å². The summed E-state index contributed by atoms with van der Waals surface area (Å²) < 4.78 is 5.10. The van der Waals surface area contributed by atoms with E-state index in [1.807, 2.05) is 13.8 Å². The molecule has 1 rings (SSSR count). The number of carboxylic acids is 1. The first-order valence-electron chi connectivity index (χ1n) is 7.74. The van der Waals surface area contributed by atoms with E-state index in [1.54, 1.807) is 7.11 Å². The summed E-state index contributed by atoms with van der Waals surface area (Å²) >= 11 is 0. The van der Waals surface area contributed by atoms with E-state index in [2.05, 4.69) is 10.6 Å². The number of carbonyl (C=O) groups is 2. The molecule has 0 saturated heterocycles. The van der Waals surface area contributed by atoms with Gasteiger partial charge >= 0.3 is 12.0 Å². The predicted octanol–water partition coefficient (Wildman–Crippen LogP) is 1.99. The van der Waals surface area contributed by atoms with Crippen molar-refractivity contribution in [2.75, 3.05) is 13.7 Å². The van der Waals surface area contributed by atoms with E-state index >= 15 is 0 Å². The molecule has 2 amide bonds. The van der Waals surface area contributed by atoms with Crippen molar-refractivity contribution in [2.45, 2.75) is 58.0 Å². The number of nitrogens with one attached hydrogen (secondary N) is 2. The summed E-state index contributed by atoms with van der Waals surface area (Å²) in [6, 6.07) is -0.673. The fraction of sp³-hybridized carbons (Fsp3) is 0.867. The highest BCUT2D eigenvalue weighted by Gasteiger charge is 2.31. The zero-order valence-corrected chi connectivity index (χ0v) is 13.2. The highest BCUT2D eigenvalue weighted by molar-refractivity contribution is 5.77. The van der Waals surface area contributed by atoms with Crippen LogP contribution in [0.15, 0.2) is 0 Å². The van der Waals surface area contributed by atoms with Gasteiger partial charge in [-0.05, 0) is 18.8 Å². The van der Waals surface area contributed by atoms with E-state index < -0.39 is 11.9 Å². The number of urea groups is 1. The minimum Gasteiger partial charge on any atom is -0.481 e. The molecule has 3 N–H and O–H groups in total. The molecule has 1 fully saturated rings. The average Bonchev–Trinajstić information content (AvgIpc) is 2.63. The summed E-state index contributed by atoms with van der Waals surface area (Å²) in [5.41, 5.74) is 0. The van der Waals surface area contributed by atoms with Gasteiger partial charge in [-0.3, -0.25) is 4.79 Å². The molecular formula is C15H28N2O4. The lowest BCUT2D eigenvalue weighted by Gasteiger charge is -2.26. The van der Waals surface area contributed by atoms with Crippen LogP contribution >= 0.6 is 0 Å². The molecule has 0 aromatic rings. The molecule has 6 nitrogen and oxygen atoms in total. The van der Waals surface area contributed by atoms with Crippen LogP contribution in [0.4, 0.5) is 4.79 Å². The maximum Gasteiger partial charge on any atom is 0.315 e. The molecule has 0 radical (unpaired) electrons. The molecule has 0 aliphatic heterocycles. The Bertz CT molecular complexity index is 347. The molecule has 122 valence electrons. The minimum atomic E-state index is -0.820. The fourth-order valence-electron chi connectivity index (χ4n) is 2.73. The van der Waals surface area contributed by atoms with Gasteiger partial charge in [0.1, 0.15) is 0 Å². The van der Waals surface area contributed by atoms with E-state index in [1.165, 1.54) is 0 Å². The maximum absolute atomic E-state index is 12.1. The van der Waals surface area contributed by atoms with Gasteiger partial charge in [0.2, 0.25) is 0 Å². The Morgan fingerprint density at radius 3 is 2.48 bits per heavy atom. The Morgan fingerprint density at radius 2 is 1.90 bits per heavy atom. The number of amides is 2. The number of rotatable bonds is 6. The largest absolute Gasteiger partial charge is 0.481 e. The Kier molecular flexibility index (Phi) is 7.50. The Hall–Kier alpha value is -1.30. The monoisotopic (exact) mass is 300 g/mol. The van der Waals surface area contributed by atoms with Gasteiger partial charge in [-0.25, -0.2) is 4.79 Å². The van der Waals surface area contributed by atoms with E-state index in [9.17, 15) is 14.7 Å². The summed E-state index contributed by atoms with van der Waals surface area (Å²) in [5.74, 6) is -1.06. The number of hydrogen-bond donors (Lipinski definition) is 3. The third-order valence-corrected chi connectivity index (χ3v) is 4.12. The molecule has 3 unspecified atom stereocenters. The van der Waals surface area contributed by atoms with Gasteiger partial charge in [-0.2, -0.15) is 0 Å². The zero-order valence-electron chi connectivity index (χ0n) is 13.2. The fourth-order valence-corrected chi connectivity index (χ4v) is 2.73. The predicted molar refractivity (Wildman–Crippen MR) is 80.2 cm³/mol. The highest BCUT2D eigenvalue weighted by atomic mass is 16.5. The van der Waals surface area contributed by atoms with Gasteiger partial charge in [0.15, 0.2) is 0 Å². The van der Waals surface area contributed by atoms with Gasteiger partial charge in [-0.1, -0.05) is 33.1 Å². The molecule has 0 aromatic carbocycles. The van der Waals surface area contributed by atoms with Crippen LogP contribution in [0.2, 0.25) is 0 Å². The minimum absolute atomic E-state index is 0.0796. The molecule has 0 heterocycles. The molecule has 0 spiro atoms. The van der Waals surface area contributed by atoms with E-state index in [0.717, 1.165) is 25.7 Å². The van der Waals surface area contributed by atoms with Crippen LogP contribution in [0.1, 0.15) is 46.0 Å². The van der Waals surface area contributed by atoms with Crippen LogP contribution < -0.4 is 10.6 Å². The first kappa shape index (κ1) is 17.8. The maximum atomic E-state index is 12.1. The number of carbonyl (C=O) groups excluding carboxylic acids is 1. The van der Waals surface area contributed by atoms with Crippen molar-refractivity contribution in [2.24, 2.45) is 11.8 Å². The number of hydrogen-bond acceptors (Lipinski definition) is 3. The van der Waals surface area contributed by atoms with E-state index in [4.69, 9.17) is 4.74 Å². The van der Waals surface area contributed by atoms with Crippen molar-refractivity contribution in [1.29, 1.82) is 0 Å². The lowest BCUT2D eigenvalue weighted by molar-refractivity contribution is -0.142. The first-order chi connectivity index (χ1) is 9.95. The van der Waals surface area contributed by atoms with Crippen molar-refractivity contribution in [1.82, 2.24) is 10.6 Å². The van der Waals surface area contributed by atoms with Crippen LogP contribution in [-0.2, 0) is 9.53 Å². The smallest absolute Gasteiger partial charge is 0.315 e. The SMILES string of the molecule is COCC(NC(=O)NC1CCCCCC1C(=O)O)C(C)C. The topological polar surface area (TPSA) is 87.7 Å². The van der Waals surface area contributed by atoms with Crippen molar-refractivity contribution in [3.8, 4) is 0 Å². The molecule has 1 saturated carbocycles. The molecule has 6 heteroatoms. The second-order valence-electron chi connectivity index (χ2n) is 6.11. The Labute approximate surface area is 126 Å². The van der Waals surface area contributed by atoms with Crippen molar-refractivity contribution in [3.05, 3.63) is 0 Å². The summed E-state index contributed by atoms with van der Waals surface area (Å²) in [4.78, 5) is 23.5. The lowest BCUT2D eigenvalue weighted by Crippen LogP contribution is -2.52. The standard InChI is InChI=1S/C15H28N2O4/c1-10(2)13(9-21-3)17-15(20)16-12-8-6-4-5-7-11(12)14(18)19/h10-13H,4-9H2,1-3H3,(H,18,19)(H2,16,17,20). The number of aliphatic carboxylic acids is 1. The second-order valence-corrected chi connectivity index (χ2v) is 6.11. The summed E-state index contributed by atoms with van der Waals surface area (Å²) in [5, 5.41) is 15.0. The highest BCUT2D eigenvalue weighted by Crippen LogP contribution is 2.23. The van der Waals surface area contributed by atoms with Crippen molar-refractivity contribution >= 4 is 12.0 Å². The molecule has 1 aliphatic rings. The van der Waals surface area contributed by atoms with Crippen molar-refractivity contribution in [3.63, 3.8) is 0 Å². The summed E-state index contributed by atoms with van der Waals surface area (Å²) in [7, 11) is 1.60. The number of methoxy groups -OCH3 is 1. The van der Waals surface area contributed by atoms with E-state index in [0.29, 0.717) is 13.0 Å². The summed E-state index contributed by atoms with van der Waals surface area (Å²) in [6.07, 6.45) is 4.25. The van der Waals surface area contributed by atoms with Crippen molar-refractivity contribution < 1.29 is 19.4 Å². The van der Waals surface area contributed by atoms with Gasteiger partial charge in [-0.15, -0.1) is 0 Å². The molecule has 0 bridgehead atoms. The van der Waals surface area contributed by atoms with Gasteiger partial charge in [0.25, 0.3) is 0 Å². The summed E-state index contributed by atoms with van der Waals surface area (Å²) in [6.45, 7) is 4.46. The zero-order chi connectivity index (χ0) is 15.8. The molecule has 0 aromatic heterocycles. The van der Waals surface area contributed by atoms with Gasteiger partial charge < -0.3 is 20.5 Å². The quantitative estimate of drug-likeness (QED) is 0.655. The molecular weight excluding hydrogens is 272 g/mol. The van der Waals surface area contributed by atoms with Crippen LogP contribution in [0.25, 0.3) is 0 Å². The van der Waals surface area contributed by atoms with Crippen LogP contribution in [0, 0.1) is 11.8 Å². The molecule has 1 aliphatic carbocycles. The molecule has 21 heavy (non-hydrogen) atoms. The number of ether oxygens (including phenoxy) is 1. The van der Waals surface area contributed by atoms with Gasteiger partial charge in [0.05, 0.1) is 18.6 Å². The van der Waals surface area contributed by atoms with Crippen LogP contribution in [0.5, 0.6) is 0 Å². The average molecular weight is 300 g/mol. The Balaban J connectivity index is 2.59. The Morgan fingerprint density at radius 1 is 1.24 bits per heavy atom. The van der Waals surface area contributed by atoms with E-state index in [-0.39, 0.29) is 24.0 Å². The first-order valence-corrected chi connectivity index (χ1v) is 7.74. The third kappa shape index (κ3) is 5.91. The second kappa shape index (κ2) is 8.87. The lowest BCUT2D eigenvalue weighted by atomic mass is 9.95. The van der Waals surface area contributed by atoms with Gasteiger partial charge in [0, 0.05) is 13.2 Å². The van der Waals surface area contributed by atoms with Crippen LogP contribution in [-0.4, -0.2) is 42.9 Å². The number of carboxylic acid groups (broad SMARTS) is 1. The third-order valence-electron chi connectivity index (χ3n) is 4.12. The normalized spacial score (nSPS) is 24.2. The molecule has 3 atom stereocenters.